The molecule has 1 aliphatic heterocycles. The molecule has 88 valence electrons. The van der Waals surface area contributed by atoms with E-state index in [0.717, 1.165) is 18.8 Å². The Balaban J connectivity index is 2.16. The van der Waals surface area contributed by atoms with Crippen LogP contribution < -0.4 is 5.32 Å². The molecule has 1 saturated heterocycles. The van der Waals surface area contributed by atoms with Crippen LogP contribution in [-0.2, 0) is 18.3 Å². The molecule has 1 aromatic heterocycles. The summed E-state index contributed by atoms with van der Waals surface area (Å²) in [7, 11) is 1.85. The second-order valence-corrected chi connectivity index (χ2v) is 4.49. The molecule has 16 heavy (non-hydrogen) atoms. The lowest BCUT2D eigenvalue weighted by Crippen LogP contribution is -2.43. The highest BCUT2D eigenvalue weighted by Crippen LogP contribution is 2.32. The van der Waals surface area contributed by atoms with E-state index in [-0.39, 0.29) is 0 Å². The standard InChI is InChI=1S/C11H17N3O2/c1-14-7-2-9(13-14)8-11(10(15)16)3-5-12-6-4-11/h2,7,12H,3-6,8H2,1H3,(H,15,16). The van der Waals surface area contributed by atoms with Crippen LogP contribution in [0.25, 0.3) is 0 Å². The summed E-state index contributed by atoms with van der Waals surface area (Å²) in [5.74, 6) is -0.695. The quantitative estimate of drug-likeness (QED) is 0.779. The topological polar surface area (TPSA) is 67.2 Å². The van der Waals surface area contributed by atoms with Crippen LogP contribution in [0.5, 0.6) is 0 Å². The Labute approximate surface area is 94.5 Å². The predicted molar refractivity (Wildman–Crippen MR) is 59.1 cm³/mol. The van der Waals surface area contributed by atoms with Crippen molar-refractivity contribution in [2.24, 2.45) is 12.5 Å². The van der Waals surface area contributed by atoms with Gasteiger partial charge in [0.05, 0.1) is 11.1 Å². The molecule has 5 nitrogen and oxygen atoms in total. The van der Waals surface area contributed by atoms with Crippen LogP contribution >= 0.6 is 0 Å². The normalized spacial score (nSPS) is 19.6. The predicted octanol–water partition coefficient (Wildman–Crippen LogP) is 0.417. The Morgan fingerprint density at radius 3 is 2.81 bits per heavy atom. The van der Waals surface area contributed by atoms with Gasteiger partial charge in [-0.1, -0.05) is 0 Å². The molecule has 0 bridgehead atoms. The van der Waals surface area contributed by atoms with Crippen molar-refractivity contribution < 1.29 is 9.90 Å². The molecule has 5 heteroatoms. The minimum Gasteiger partial charge on any atom is -0.481 e. The zero-order valence-corrected chi connectivity index (χ0v) is 9.44. The monoisotopic (exact) mass is 223 g/mol. The molecule has 0 aromatic carbocycles. The van der Waals surface area contributed by atoms with E-state index in [9.17, 15) is 9.90 Å². The van der Waals surface area contributed by atoms with Gasteiger partial charge in [0.2, 0.25) is 0 Å². The summed E-state index contributed by atoms with van der Waals surface area (Å²) in [5.41, 5.74) is 0.242. The number of carboxylic acids is 1. The summed E-state index contributed by atoms with van der Waals surface area (Å²) in [6.45, 7) is 1.55. The highest BCUT2D eigenvalue weighted by atomic mass is 16.4. The Morgan fingerprint density at radius 2 is 2.31 bits per heavy atom. The highest BCUT2D eigenvalue weighted by molar-refractivity contribution is 5.75. The third-order valence-corrected chi connectivity index (χ3v) is 3.30. The van der Waals surface area contributed by atoms with Crippen molar-refractivity contribution in [3.05, 3.63) is 18.0 Å². The van der Waals surface area contributed by atoms with Gasteiger partial charge in [0.15, 0.2) is 0 Å². The van der Waals surface area contributed by atoms with Gasteiger partial charge in [-0.2, -0.15) is 5.10 Å². The fourth-order valence-electron chi connectivity index (χ4n) is 2.28. The number of hydrogen-bond acceptors (Lipinski definition) is 3. The van der Waals surface area contributed by atoms with E-state index in [0.29, 0.717) is 19.3 Å². The summed E-state index contributed by atoms with van der Waals surface area (Å²) in [6.07, 6.45) is 3.74. The first-order valence-corrected chi connectivity index (χ1v) is 5.55. The Bertz CT molecular complexity index is 380. The van der Waals surface area contributed by atoms with Crippen molar-refractivity contribution in [1.29, 1.82) is 0 Å². The summed E-state index contributed by atoms with van der Waals surface area (Å²) < 4.78 is 1.71. The van der Waals surface area contributed by atoms with Crippen LogP contribution in [-0.4, -0.2) is 33.9 Å². The smallest absolute Gasteiger partial charge is 0.310 e. The molecule has 1 fully saturated rings. The van der Waals surface area contributed by atoms with Gasteiger partial charge >= 0.3 is 5.97 Å². The minimum absolute atomic E-state index is 0.533. The van der Waals surface area contributed by atoms with Crippen molar-refractivity contribution in [1.82, 2.24) is 15.1 Å². The van der Waals surface area contributed by atoms with Crippen molar-refractivity contribution in [2.75, 3.05) is 13.1 Å². The first-order chi connectivity index (χ1) is 7.62. The molecular weight excluding hydrogens is 206 g/mol. The molecule has 2 N–H and O–H groups in total. The van der Waals surface area contributed by atoms with Crippen LogP contribution in [0.15, 0.2) is 12.3 Å². The number of piperidine rings is 1. The van der Waals surface area contributed by atoms with Gasteiger partial charge in [0.25, 0.3) is 0 Å². The van der Waals surface area contributed by atoms with Gasteiger partial charge < -0.3 is 10.4 Å². The lowest BCUT2D eigenvalue weighted by Gasteiger charge is -2.32. The number of hydrogen-bond donors (Lipinski definition) is 2. The third kappa shape index (κ3) is 2.09. The summed E-state index contributed by atoms with van der Waals surface area (Å²) in [6, 6.07) is 1.90. The van der Waals surface area contributed by atoms with Crippen molar-refractivity contribution in [2.45, 2.75) is 19.3 Å². The minimum atomic E-state index is -0.695. The van der Waals surface area contributed by atoms with E-state index in [1.165, 1.54) is 0 Å². The fourth-order valence-corrected chi connectivity index (χ4v) is 2.28. The van der Waals surface area contributed by atoms with Crippen LogP contribution in [0.3, 0.4) is 0 Å². The number of nitrogens with zero attached hydrogens (tertiary/aromatic N) is 2. The average molecular weight is 223 g/mol. The molecule has 0 spiro atoms. The van der Waals surface area contributed by atoms with Crippen molar-refractivity contribution in [3.8, 4) is 0 Å². The largest absolute Gasteiger partial charge is 0.481 e. The second kappa shape index (κ2) is 4.25. The molecular formula is C11H17N3O2. The molecule has 0 unspecified atom stereocenters. The number of aryl methyl sites for hydroxylation is 1. The molecule has 0 saturated carbocycles. The maximum atomic E-state index is 11.4. The molecule has 1 aliphatic rings. The van der Waals surface area contributed by atoms with Gasteiger partial charge in [0, 0.05) is 19.7 Å². The molecule has 2 heterocycles. The number of aromatic nitrogens is 2. The Kier molecular flexibility index (Phi) is 2.96. The van der Waals surface area contributed by atoms with Crippen LogP contribution in [0.1, 0.15) is 18.5 Å². The van der Waals surface area contributed by atoms with E-state index >= 15 is 0 Å². The summed E-state index contributed by atoms with van der Waals surface area (Å²) in [4.78, 5) is 11.4. The highest BCUT2D eigenvalue weighted by Gasteiger charge is 2.40. The number of carbonyl (C=O) groups is 1. The first-order valence-electron chi connectivity index (χ1n) is 5.55. The number of rotatable bonds is 3. The number of nitrogens with one attached hydrogen (secondary N) is 1. The van der Waals surface area contributed by atoms with E-state index < -0.39 is 11.4 Å². The maximum Gasteiger partial charge on any atom is 0.310 e. The third-order valence-electron chi connectivity index (χ3n) is 3.30. The van der Waals surface area contributed by atoms with Gasteiger partial charge in [0.1, 0.15) is 0 Å². The average Bonchev–Trinajstić information content (AvgIpc) is 2.65. The number of aliphatic carboxylic acids is 1. The second-order valence-electron chi connectivity index (χ2n) is 4.49. The molecule has 0 aliphatic carbocycles. The van der Waals surface area contributed by atoms with E-state index in [1.807, 2.05) is 19.3 Å². The van der Waals surface area contributed by atoms with Gasteiger partial charge in [-0.15, -0.1) is 0 Å². The fraction of sp³-hybridized carbons (Fsp3) is 0.636. The lowest BCUT2D eigenvalue weighted by molar-refractivity contribution is -0.150. The van der Waals surface area contributed by atoms with Crippen LogP contribution in [0, 0.1) is 5.41 Å². The maximum absolute atomic E-state index is 11.4. The van der Waals surface area contributed by atoms with E-state index in [1.54, 1.807) is 4.68 Å². The van der Waals surface area contributed by atoms with Crippen LogP contribution in [0.2, 0.25) is 0 Å². The molecule has 2 rings (SSSR count). The lowest BCUT2D eigenvalue weighted by atomic mass is 9.75. The molecule has 0 radical (unpaired) electrons. The first kappa shape index (κ1) is 11.1. The van der Waals surface area contributed by atoms with Crippen molar-refractivity contribution >= 4 is 5.97 Å². The van der Waals surface area contributed by atoms with E-state index in [2.05, 4.69) is 10.4 Å². The summed E-state index contributed by atoms with van der Waals surface area (Å²) in [5, 5.41) is 16.9. The molecule has 0 atom stereocenters. The van der Waals surface area contributed by atoms with Crippen LogP contribution in [0.4, 0.5) is 0 Å². The van der Waals surface area contributed by atoms with E-state index in [4.69, 9.17) is 0 Å². The molecule has 1 aromatic rings. The van der Waals surface area contributed by atoms with Gasteiger partial charge in [-0.05, 0) is 32.0 Å². The van der Waals surface area contributed by atoms with Gasteiger partial charge in [-0.25, -0.2) is 0 Å². The Hall–Kier alpha value is -1.36. The zero-order valence-electron chi connectivity index (χ0n) is 9.44. The molecule has 0 amide bonds. The van der Waals surface area contributed by atoms with Gasteiger partial charge in [-0.3, -0.25) is 9.48 Å². The summed E-state index contributed by atoms with van der Waals surface area (Å²) >= 11 is 0. The van der Waals surface area contributed by atoms with Crippen molar-refractivity contribution in [3.63, 3.8) is 0 Å². The zero-order chi connectivity index (χ0) is 11.6. The SMILES string of the molecule is Cn1ccc(CC2(C(=O)O)CCNCC2)n1. The number of carboxylic acid groups (broad SMARTS) is 1. The Morgan fingerprint density at radius 1 is 1.62 bits per heavy atom.